The number of phenolic OH excluding ortho intramolecular Hbond substituents is 1. The highest BCUT2D eigenvalue weighted by Crippen LogP contribution is 2.32. The first kappa shape index (κ1) is 12.2. The van der Waals surface area contributed by atoms with Crippen molar-refractivity contribution in [3.63, 3.8) is 0 Å². The normalized spacial score (nSPS) is 22.9. The lowest BCUT2D eigenvalue weighted by Crippen LogP contribution is -2.37. The van der Waals surface area contributed by atoms with Gasteiger partial charge in [0.05, 0.1) is 0 Å². The van der Waals surface area contributed by atoms with E-state index in [1.54, 1.807) is 30.1 Å². The molecule has 92 valence electrons. The third-order valence-corrected chi connectivity index (χ3v) is 3.51. The molecular formula is C13H16ClNO2. The average Bonchev–Trinajstić information content (AvgIpc) is 2.26. The molecule has 1 saturated carbocycles. The maximum Gasteiger partial charge on any atom is 0.253 e. The Kier molecular flexibility index (Phi) is 3.57. The predicted molar refractivity (Wildman–Crippen MR) is 67.4 cm³/mol. The summed E-state index contributed by atoms with van der Waals surface area (Å²) in [6.45, 7) is 0.734. The number of hydrogen-bond donors (Lipinski definition) is 1. The molecular weight excluding hydrogens is 238 g/mol. The van der Waals surface area contributed by atoms with Crippen LogP contribution in [-0.4, -0.2) is 34.9 Å². The summed E-state index contributed by atoms with van der Waals surface area (Å²) in [6, 6.07) is 6.43. The van der Waals surface area contributed by atoms with E-state index in [2.05, 4.69) is 0 Å². The Morgan fingerprint density at radius 2 is 2.24 bits per heavy atom. The standard InChI is InChI=1S/C13H16ClNO2/c1-15(8-9-5-11(14)6-9)13(17)10-3-2-4-12(16)7-10/h2-4,7,9,11,16H,5-6,8H2,1H3. The zero-order valence-corrected chi connectivity index (χ0v) is 10.5. The van der Waals surface area contributed by atoms with Crippen LogP contribution in [0.3, 0.4) is 0 Å². The van der Waals surface area contributed by atoms with Gasteiger partial charge in [0.25, 0.3) is 5.91 Å². The highest BCUT2D eigenvalue weighted by Gasteiger charge is 2.29. The fourth-order valence-electron chi connectivity index (χ4n) is 2.13. The molecule has 1 fully saturated rings. The van der Waals surface area contributed by atoms with Crippen molar-refractivity contribution < 1.29 is 9.90 Å². The van der Waals surface area contributed by atoms with Gasteiger partial charge in [-0.1, -0.05) is 6.07 Å². The number of benzene rings is 1. The number of alkyl halides is 1. The summed E-state index contributed by atoms with van der Waals surface area (Å²) in [4.78, 5) is 13.7. The molecule has 0 spiro atoms. The number of halogens is 1. The zero-order valence-electron chi connectivity index (χ0n) is 9.77. The Hall–Kier alpha value is -1.22. The fraction of sp³-hybridized carbons (Fsp3) is 0.462. The molecule has 1 aromatic rings. The van der Waals surface area contributed by atoms with E-state index in [9.17, 15) is 9.90 Å². The predicted octanol–water partition coefficient (Wildman–Crippen LogP) is 2.48. The second-order valence-corrected chi connectivity index (χ2v) is 5.29. The van der Waals surface area contributed by atoms with Gasteiger partial charge >= 0.3 is 0 Å². The van der Waals surface area contributed by atoms with Crippen molar-refractivity contribution in [3.8, 4) is 5.75 Å². The fourth-order valence-corrected chi connectivity index (χ4v) is 2.64. The van der Waals surface area contributed by atoms with E-state index in [1.807, 2.05) is 0 Å². The van der Waals surface area contributed by atoms with Gasteiger partial charge in [-0.05, 0) is 37.0 Å². The Morgan fingerprint density at radius 3 is 2.82 bits per heavy atom. The van der Waals surface area contributed by atoms with Gasteiger partial charge in [-0.2, -0.15) is 0 Å². The van der Waals surface area contributed by atoms with Crippen LogP contribution in [0.2, 0.25) is 0 Å². The third-order valence-electron chi connectivity index (χ3n) is 3.15. The van der Waals surface area contributed by atoms with Crippen molar-refractivity contribution in [1.29, 1.82) is 0 Å². The topological polar surface area (TPSA) is 40.5 Å². The van der Waals surface area contributed by atoms with E-state index in [-0.39, 0.29) is 17.0 Å². The molecule has 0 radical (unpaired) electrons. The zero-order chi connectivity index (χ0) is 12.4. The van der Waals surface area contributed by atoms with Crippen molar-refractivity contribution in [1.82, 2.24) is 4.90 Å². The molecule has 0 bridgehead atoms. The van der Waals surface area contributed by atoms with Crippen LogP contribution in [-0.2, 0) is 0 Å². The second kappa shape index (κ2) is 4.96. The lowest BCUT2D eigenvalue weighted by atomic mass is 9.84. The van der Waals surface area contributed by atoms with Gasteiger partial charge in [-0.15, -0.1) is 11.6 Å². The van der Waals surface area contributed by atoms with Crippen molar-refractivity contribution in [2.24, 2.45) is 5.92 Å². The third kappa shape index (κ3) is 2.91. The highest BCUT2D eigenvalue weighted by atomic mass is 35.5. The molecule has 0 unspecified atom stereocenters. The first-order valence-electron chi connectivity index (χ1n) is 5.75. The van der Waals surface area contributed by atoms with Crippen molar-refractivity contribution >= 4 is 17.5 Å². The summed E-state index contributed by atoms with van der Waals surface area (Å²) in [5.74, 6) is 0.580. The average molecular weight is 254 g/mol. The molecule has 1 aliphatic rings. The number of phenols is 1. The van der Waals surface area contributed by atoms with E-state index >= 15 is 0 Å². The number of carbonyl (C=O) groups excluding carboxylic acids is 1. The number of hydrogen-bond acceptors (Lipinski definition) is 2. The van der Waals surface area contributed by atoms with E-state index in [0.29, 0.717) is 11.5 Å². The first-order valence-corrected chi connectivity index (χ1v) is 6.18. The quantitative estimate of drug-likeness (QED) is 0.841. The lowest BCUT2D eigenvalue weighted by Gasteiger charge is -2.34. The second-order valence-electron chi connectivity index (χ2n) is 4.67. The van der Waals surface area contributed by atoms with Crippen LogP contribution in [0.15, 0.2) is 24.3 Å². The first-order chi connectivity index (χ1) is 8.06. The van der Waals surface area contributed by atoms with Crippen molar-refractivity contribution in [3.05, 3.63) is 29.8 Å². The van der Waals surface area contributed by atoms with Crippen LogP contribution in [0, 0.1) is 5.92 Å². The van der Waals surface area contributed by atoms with E-state index < -0.39 is 0 Å². The van der Waals surface area contributed by atoms with Crippen LogP contribution in [0.5, 0.6) is 5.75 Å². The number of rotatable bonds is 3. The highest BCUT2D eigenvalue weighted by molar-refractivity contribution is 6.21. The Morgan fingerprint density at radius 1 is 1.53 bits per heavy atom. The summed E-state index contributed by atoms with van der Waals surface area (Å²) < 4.78 is 0. The van der Waals surface area contributed by atoms with Crippen LogP contribution < -0.4 is 0 Å². The minimum absolute atomic E-state index is 0.0566. The Bertz CT molecular complexity index is 416. The van der Waals surface area contributed by atoms with Crippen LogP contribution in [0.1, 0.15) is 23.2 Å². The van der Waals surface area contributed by atoms with Gasteiger partial charge in [0.2, 0.25) is 0 Å². The van der Waals surface area contributed by atoms with E-state index in [4.69, 9.17) is 11.6 Å². The molecule has 0 heterocycles. The minimum Gasteiger partial charge on any atom is -0.508 e. The molecule has 17 heavy (non-hydrogen) atoms. The summed E-state index contributed by atoms with van der Waals surface area (Å²) in [5.41, 5.74) is 0.522. The SMILES string of the molecule is CN(CC1CC(Cl)C1)C(=O)c1cccc(O)c1. The molecule has 2 rings (SSSR count). The lowest BCUT2D eigenvalue weighted by molar-refractivity contribution is 0.0746. The number of aromatic hydroxyl groups is 1. The molecule has 1 aliphatic carbocycles. The molecule has 1 N–H and O–H groups in total. The van der Waals surface area contributed by atoms with Gasteiger partial charge in [0, 0.05) is 24.5 Å². The van der Waals surface area contributed by atoms with Gasteiger partial charge in [0.15, 0.2) is 0 Å². The van der Waals surface area contributed by atoms with Gasteiger partial charge in [0.1, 0.15) is 5.75 Å². The molecule has 0 saturated heterocycles. The van der Waals surface area contributed by atoms with Crippen LogP contribution in [0.4, 0.5) is 0 Å². The molecule has 0 atom stereocenters. The number of nitrogens with zero attached hydrogens (tertiary/aromatic N) is 1. The molecule has 1 aromatic carbocycles. The summed E-state index contributed by atoms with van der Waals surface area (Å²) in [6.07, 6.45) is 1.97. The monoisotopic (exact) mass is 253 g/mol. The maximum absolute atomic E-state index is 12.0. The molecule has 3 nitrogen and oxygen atoms in total. The maximum atomic E-state index is 12.0. The summed E-state index contributed by atoms with van der Waals surface area (Å²) in [5, 5.41) is 9.61. The Balaban J connectivity index is 1.95. The summed E-state index contributed by atoms with van der Waals surface area (Å²) in [7, 11) is 1.79. The van der Waals surface area contributed by atoms with E-state index in [0.717, 1.165) is 19.4 Å². The van der Waals surface area contributed by atoms with E-state index in [1.165, 1.54) is 6.07 Å². The number of amides is 1. The smallest absolute Gasteiger partial charge is 0.253 e. The van der Waals surface area contributed by atoms with Crippen LogP contribution in [0.25, 0.3) is 0 Å². The van der Waals surface area contributed by atoms with Gasteiger partial charge < -0.3 is 10.0 Å². The van der Waals surface area contributed by atoms with Crippen LogP contribution >= 0.6 is 11.6 Å². The molecule has 4 heteroatoms. The van der Waals surface area contributed by atoms with Crippen molar-refractivity contribution in [2.75, 3.05) is 13.6 Å². The van der Waals surface area contributed by atoms with Crippen molar-refractivity contribution in [2.45, 2.75) is 18.2 Å². The van der Waals surface area contributed by atoms with Gasteiger partial charge in [-0.25, -0.2) is 0 Å². The number of carbonyl (C=O) groups is 1. The largest absolute Gasteiger partial charge is 0.508 e. The molecule has 1 amide bonds. The molecule has 0 aromatic heterocycles. The van der Waals surface area contributed by atoms with Gasteiger partial charge in [-0.3, -0.25) is 4.79 Å². The summed E-state index contributed by atoms with van der Waals surface area (Å²) >= 11 is 5.91. The minimum atomic E-state index is -0.0566. The molecule has 0 aliphatic heterocycles. The Labute approximate surface area is 106 Å².